The van der Waals surface area contributed by atoms with Crippen LogP contribution in [0, 0.1) is 0 Å². The van der Waals surface area contributed by atoms with Crippen molar-refractivity contribution < 1.29 is 9.21 Å². The Hall–Kier alpha value is -2.95. The lowest BCUT2D eigenvalue weighted by Gasteiger charge is -2.01. The molecule has 0 spiro atoms. The SMILES string of the molecule is CC(C)c1nc2cc(NC(=O)C=Cc3cccnc3)ccc2o1. The van der Waals surface area contributed by atoms with Gasteiger partial charge >= 0.3 is 0 Å². The Bertz CT molecular complexity index is 851. The Morgan fingerprint density at radius 1 is 1.30 bits per heavy atom. The molecule has 1 aromatic carbocycles. The average molecular weight is 307 g/mol. The number of oxazole rings is 1. The molecular weight excluding hydrogens is 290 g/mol. The number of nitrogens with one attached hydrogen (secondary N) is 1. The maximum Gasteiger partial charge on any atom is 0.248 e. The number of pyridine rings is 1. The topological polar surface area (TPSA) is 68.0 Å². The van der Waals surface area contributed by atoms with Gasteiger partial charge in [0.2, 0.25) is 5.91 Å². The van der Waals surface area contributed by atoms with E-state index < -0.39 is 0 Å². The minimum Gasteiger partial charge on any atom is -0.440 e. The Kier molecular flexibility index (Phi) is 4.19. The quantitative estimate of drug-likeness (QED) is 0.740. The summed E-state index contributed by atoms with van der Waals surface area (Å²) >= 11 is 0. The van der Waals surface area contributed by atoms with Gasteiger partial charge in [0, 0.05) is 30.1 Å². The first-order valence-electron chi connectivity index (χ1n) is 7.41. The molecule has 0 aliphatic carbocycles. The number of rotatable bonds is 4. The maximum absolute atomic E-state index is 12.0. The fraction of sp³-hybridized carbons (Fsp3) is 0.167. The van der Waals surface area contributed by atoms with Gasteiger partial charge in [0.1, 0.15) is 5.52 Å². The monoisotopic (exact) mass is 307 g/mol. The van der Waals surface area contributed by atoms with Crippen LogP contribution in [0.5, 0.6) is 0 Å². The van der Waals surface area contributed by atoms with E-state index in [1.807, 2.05) is 32.0 Å². The van der Waals surface area contributed by atoms with Gasteiger partial charge in [-0.3, -0.25) is 9.78 Å². The molecule has 3 aromatic rings. The summed E-state index contributed by atoms with van der Waals surface area (Å²) in [6, 6.07) is 9.12. The van der Waals surface area contributed by atoms with Gasteiger partial charge in [-0.1, -0.05) is 19.9 Å². The van der Waals surface area contributed by atoms with Gasteiger partial charge in [0.05, 0.1) is 0 Å². The summed E-state index contributed by atoms with van der Waals surface area (Å²) in [4.78, 5) is 20.4. The molecule has 3 rings (SSSR count). The summed E-state index contributed by atoms with van der Waals surface area (Å²) in [7, 11) is 0. The molecule has 0 atom stereocenters. The lowest BCUT2D eigenvalue weighted by Crippen LogP contribution is -2.07. The number of anilines is 1. The van der Waals surface area contributed by atoms with Crippen LogP contribution in [-0.2, 0) is 4.79 Å². The van der Waals surface area contributed by atoms with E-state index in [-0.39, 0.29) is 11.8 Å². The average Bonchev–Trinajstić information content (AvgIpc) is 2.97. The van der Waals surface area contributed by atoms with Gasteiger partial charge in [-0.2, -0.15) is 0 Å². The van der Waals surface area contributed by atoms with Crippen molar-refractivity contribution in [3.8, 4) is 0 Å². The van der Waals surface area contributed by atoms with Crippen LogP contribution in [-0.4, -0.2) is 15.9 Å². The van der Waals surface area contributed by atoms with Crippen molar-refractivity contribution in [3.05, 3.63) is 60.3 Å². The molecule has 0 radical (unpaired) electrons. The Labute approximate surface area is 134 Å². The summed E-state index contributed by atoms with van der Waals surface area (Å²) in [5.41, 5.74) is 3.01. The molecule has 23 heavy (non-hydrogen) atoms. The largest absolute Gasteiger partial charge is 0.440 e. The fourth-order valence-electron chi connectivity index (χ4n) is 2.10. The third kappa shape index (κ3) is 3.63. The van der Waals surface area contributed by atoms with Crippen molar-refractivity contribution >= 4 is 28.8 Å². The summed E-state index contributed by atoms with van der Waals surface area (Å²) in [5, 5.41) is 2.81. The number of carbonyl (C=O) groups is 1. The molecule has 1 amide bonds. The molecular formula is C18H17N3O2. The number of hydrogen-bond acceptors (Lipinski definition) is 4. The molecule has 5 nitrogen and oxygen atoms in total. The van der Waals surface area contributed by atoms with E-state index in [0.717, 1.165) is 16.7 Å². The Morgan fingerprint density at radius 2 is 2.17 bits per heavy atom. The number of fused-ring (bicyclic) bond motifs is 1. The van der Waals surface area contributed by atoms with Crippen LogP contribution < -0.4 is 5.32 Å². The zero-order chi connectivity index (χ0) is 16.2. The van der Waals surface area contributed by atoms with Crippen molar-refractivity contribution in [2.75, 3.05) is 5.32 Å². The van der Waals surface area contributed by atoms with E-state index in [1.165, 1.54) is 6.08 Å². The first-order valence-corrected chi connectivity index (χ1v) is 7.41. The van der Waals surface area contributed by atoms with Crippen molar-refractivity contribution in [2.45, 2.75) is 19.8 Å². The Morgan fingerprint density at radius 3 is 2.91 bits per heavy atom. The number of carbonyl (C=O) groups excluding carboxylic acids is 1. The van der Waals surface area contributed by atoms with E-state index in [1.54, 1.807) is 30.6 Å². The van der Waals surface area contributed by atoms with E-state index >= 15 is 0 Å². The smallest absolute Gasteiger partial charge is 0.248 e. The summed E-state index contributed by atoms with van der Waals surface area (Å²) in [6.07, 6.45) is 6.58. The zero-order valence-electron chi connectivity index (χ0n) is 13.0. The predicted molar refractivity (Wildman–Crippen MR) is 90.0 cm³/mol. The third-order valence-corrected chi connectivity index (χ3v) is 3.28. The first kappa shape index (κ1) is 15.0. The lowest BCUT2D eigenvalue weighted by atomic mass is 10.2. The zero-order valence-corrected chi connectivity index (χ0v) is 13.0. The molecule has 0 saturated carbocycles. The van der Waals surface area contributed by atoms with E-state index in [2.05, 4.69) is 15.3 Å². The van der Waals surface area contributed by atoms with E-state index in [9.17, 15) is 4.79 Å². The predicted octanol–water partition coefficient (Wildman–Crippen LogP) is 4.00. The number of benzene rings is 1. The number of nitrogens with zero attached hydrogens (tertiary/aromatic N) is 2. The van der Waals surface area contributed by atoms with Gasteiger partial charge in [-0.25, -0.2) is 4.98 Å². The highest BCUT2D eigenvalue weighted by atomic mass is 16.3. The maximum atomic E-state index is 12.0. The molecule has 1 N–H and O–H groups in total. The number of amides is 1. The van der Waals surface area contributed by atoms with E-state index in [0.29, 0.717) is 11.6 Å². The van der Waals surface area contributed by atoms with Crippen LogP contribution in [0.15, 0.2) is 53.2 Å². The van der Waals surface area contributed by atoms with Gasteiger partial charge in [0.25, 0.3) is 0 Å². The second-order valence-corrected chi connectivity index (χ2v) is 5.50. The van der Waals surface area contributed by atoms with Crippen molar-refractivity contribution in [3.63, 3.8) is 0 Å². The lowest BCUT2D eigenvalue weighted by molar-refractivity contribution is -0.111. The molecule has 0 aliphatic heterocycles. The molecule has 116 valence electrons. The standard InChI is InChI=1S/C18H17N3O2/c1-12(2)18-21-15-10-14(6-7-16(15)23-18)20-17(22)8-5-13-4-3-9-19-11-13/h3-12H,1-2H3,(H,20,22). The minimum absolute atomic E-state index is 0.208. The van der Waals surface area contributed by atoms with Crippen molar-refractivity contribution in [2.24, 2.45) is 0 Å². The van der Waals surface area contributed by atoms with Crippen LogP contribution in [0.25, 0.3) is 17.2 Å². The summed E-state index contributed by atoms with van der Waals surface area (Å²) in [6.45, 7) is 4.05. The molecule has 0 fully saturated rings. The van der Waals surface area contributed by atoms with Crippen LogP contribution in [0.2, 0.25) is 0 Å². The van der Waals surface area contributed by atoms with Crippen LogP contribution in [0.1, 0.15) is 31.2 Å². The number of aromatic nitrogens is 2. The van der Waals surface area contributed by atoms with Crippen molar-refractivity contribution in [1.29, 1.82) is 0 Å². The Balaban J connectivity index is 1.73. The molecule has 5 heteroatoms. The fourth-order valence-corrected chi connectivity index (χ4v) is 2.10. The molecule has 0 aliphatic rings. The molecule has 0 unspecified atom stereocenters. The number of hydrogen-bond donors (Lipinski definition) is 1. The molecule has 0 saturated heterocycles. The normalized spacial score (nSPS) is 11.4. The second-order valence-electron chi connectivity index (χ2n) is 5.50. The first-order chi connectivity index (χ1) is 11.1. The minimum atomic E-state index is -0.208. The molecule has 0 bridgehead atoms. The highest BCUT2D eigenvalue weighted by Gasteiger charge is 2.10. The second kappa shape index (κ2) is 6.44. The van der Waals surface area contributed by atoms with Gasteiger partial charge in [-0.15, -0.1) is 0 Å². The third-order valence-electron chi connectivity index (χ3n) is 3.28. The van der Waals surface area contributed by atoms with E-state index in [4.69, 9.17) is 4.42 Å². The van der Waals surface area contributed by atoms with Crippen LogP contribution in [0.3, 0.4) is 0 Å². The van der Waals surface area contributed by atoms with Gasteiger partial charge < -0.3 is 9.73 Å². The molecule has 2 heterocycles. The van der Waals surface area contributed by atoms with Gasteiger partial charge in [-0.05, 0) is 35.9 Å². The summed E-state index contributed by atoms with van der Waals surface area (Å²) in [5.74, 6) is 0.712. The highest BCUT2D eigenvalue weighted by Crippen LogP contribution is 2.23. The van der Waals surface area contributed by atoms with Gasteiger partial charge in [0.15, 0.2) is 11.5 Å². The van der Waals surface area contributed by atoms with Crippen molar-refractivity contribution in [1.82, 2.24) is 9.97 Å². The molecule has 2 aromatic heterocycles. The highest BCUT2D eigenvalue weighted by molar-refractivity contribution is 6.02. The van der Waals surface area contributed by atoms with Crippen LogP contribution >= 0.6 is 0 Å². The van der Waals surface area contributed by atoms with Crippen LogP contribution in [0.4, 0.5) is 5.69 Å². The summed E-state index contributed by atoms with van der Waals surface area (Å²) < 4.78 is 5.65.